The second-order valence-electron chi connectivity index (χ2n) is 4.78. The number of amides is 2. The average molecular weight is 327 g/mol. The predicted octanol–water partition coefficient (Wildman–Crippen LogP) is 2.57. The molecule has 0 saturated heterocycles. The first kappa shape index (κ1) is 17.2. The zero-order valence-electron chi connectivity index (χ0n) is 13.2. The van der Waals surface area contributed by atoms with Crippen LogP contribution >= 0.6 is 0 Å². The van der Waals surface area contributed by atoms with E-state index in [0.29, 0.717) is 16.9 Å². The first-order valence-corrected chi connectivity index (χ1v) is 7.39. The second-order valence-corrected chi connectivity index (χ2v) is 4.78. The van der Waals surface area contributed by atoms with Gasteiger partial charge in [-0.3, -0.25) is 14.9 Å². The van der Waals surface area contributed by atoms with Crippen molar-refractivity contribution in [3.63, 3.8) is 0 Å². The van der Waals surface area contributed by atoms with Crippen LogP contribution in [0.3, 0.4) is 0 Å². The van der Waals surface area contributed by atoms with E-state index in [1.54, 1.807) is 55.5 Å². The van der Waals surface area contributed by atoms with Crippen molar-refractivity contribution in [2.24, 2.45) is 0 Å². The third-order valence-electron chi connectivity index (χ3n) is 3.04. The Kier molecular flexibility index (Phi) is 6.08. The molecule has 6 nitrogen and oxygen atoms in total. The second kappa shape index (κ2) is 8.47. The molecular formula is C18H17NO5. The number of ketones is 1. The molecule has 0 aliphatic carbocycles. The molecule has 6 heteroatoms. The molecule has 124 valence electrons. The molecule has 0 aliphatic heterocycles. The summed E-state index contributed by atoms with van der Waals surface area (Å²) in [4.78, 5) is 34.8. The maximum Gasteiger partial charge on any atom is 0.413 e. The van der Waals surface area contributed by atoms with Gasteiger partial charge >= 0.3 is 6.09 Å². The van der Waals surface area contributed by atoms with Crippen molar-refractivity contribution in [3.05, 3.63) is 65.7 Å². The summed E-state index contributed by atoms with van der Waals surface area (Å²) in [5, 5.41) is 2.02. The summed E-state index contributed by atoms with van der Waals surface area (Å²) < 4.78 is 9.84. The number of benzene rings is 2. The van der Waals surface area contributed by atoms with Gasteiger partial charge in [0.05, 0.1) is 6.61 Å². The van der Waals surface area contributed by atoms with Crippen LogP contribution in [0.15, 0.2) is 54.6 Å². The normalized spacial score (nSPS) is 9.88. The Balaban J connectivity index is 1.89. The van der Waals surface area contributed by atoms with E-state index in [2.05, 4.69) is 4.74 Å². The van der Waals surface area contributed by atoms with Crippen molar-refractivity contribution in [3.8, 4) is 5.75 Å². The van der Waals surface area contributed by atoms with E-state index in [1.165, 1.54) is 0 Å². The van der Waals surface area contributed by atoms with Gasteiger partial charge < -0.3 is 9.47 Å². The lowest BCUT2D eigenvalue weighted by molar-refractivity contribution is -0.122. The summed E-state index contributed by atoms with van der Waals surface area (Å²) >= 11 is 0. The molecule has 24 heavy (non-hydrogen) atoms. The number of hydrogen-bond donors (Lipinski definition) is 1. The summed E-state index contributed by atoms with van der Waals surface area (Å²) in [6.45, 7) is 1.49. The van der Waals surface area contributed by atoms with Crippen LogP contribution in [0.1, 0.15) is 22.8 Å². The van der Waals surface area contributed by atoms with Crippen molar-refractivity contribution < 1.29 is 23.9 Å². The van der Waals surface area contributed by atoms with Crippen LogP contribution in [-0.4, -0.2) is 31.0 Å². The minimum Gasteiger partial charge on any atom is -0.484 e. The van der Waals surface area contributed by atoms with Crippen molar-refractivity contribution in [2.75, 3.05) is 13.2 Å². The summed E-state index contributed by atoms with van der Waals surface area (Å²) in [5.74, 6) is -0.293. The quantitative estimate of drug-likeness (QED) is 0.825. The molecule has 0 atom stereocenters. The van der Waals surface area contributed by atoms with Gasteiger partial charge in [-0.05, 0) is 31.2 Å². The molecule has 2 rings (SSSR count). The highest BCUT2D eigenvalue weighted by atomic mass is 16.5. The van der Waals surface area contributed by atoms with E-state index in [9.17, 15) is 14.4 Å². The zero-order valence-corrected chi connectivity index (χ0v) is 13.2. The Morgan fingerprint density at radius 1 is 0.917 bits per heavy atom. The standard InChI is InChI=1S/C18H17NO5/c1-2-23-18(22)19-16(20)12-24-15-10-8-14(9-11-15)17(21)13-6-4-3-5-7-13/h3-11H,2,12H2,1H3,(H,19,20,22). The van der Waals surface area contributed by atoms with Crippen LogP contribution in [0, 0.1) is 0 Å². The largest absolute Gasteiger partial charge is 0.484 e. The lowest BCUT2D eigenvalue weighted by Crippen LogP contribution is -2.34. The molecular weight excluding hydrogens is 310 g/mol. The fourth-order valence-electron chi connectivity index (χ4n) is 1.92. The van der Waals surface area contributed by atoms with Crippen LogP contribution < -0.4 is 10.1 Å². The Morgan fingerprint density at radius 2 is 1.54 bits per heavy atom. The van der Waals surface area contributed by atoms with Crippen molar-refractivity contribution in [1.82, 2.24) is 5.32 Å². The molecule has 0 aliphatic rings. The van der Waals surface area contributed by atoms with Crippen LogP contribution in [0.25, 0.3) is 0 Å². The Morgan fingerprint density at radius 3 is 2.17 bits per heavy atom. The monoisotopic (exact) mass is 327 g/mol. The van der Waals surface area contributed by atoms with Gasteiger partial charge in [-0.1, -0.05) is 30.3 Å². The zero-order chi connectivity index (χ0) is 17.4. The lowest BCUT2D eigenvalue weighted by Gasteiger charge is -2.07. The predicted molar refractivity (Wildman–Crippen MR) is 87.0 cm³/mol. The van der Waals surface area contributed by atoms with Crippen LogP contribution in [0.2, 0.25) is 0 Å². The third kappa shape index (κ3) is 4.95. The Hall–Kier alpha value is -3.15. The fourth-order valence-corrected chi connectivity index (χ4v) is 1.92. The van der Waals surface area contributed by atoms with E-state index in [0.717, 1.165) is 0 Å². The number of ether oxygens (including phenoxy) is 2. The molecule has 2 amide bonds. The smallest absolute Gasteiger partial charge is 0.413 e. The first-order chi connectivity index (χ1) is 11.6. The van der Waals surface area contributed by atoms with E-state index < -0.39 is 12.0 Å². The van der Waals surface area contributed by atoms with E-state index in [4.69, 9.17) is 4.74 Å². The van der Waals surface area contributed by atoms with Gasteiger partial charge in [-0.25, -0.2) is 4.79 Å². The van der Waals surface area contributed by atoms with E-state index in [-0.39, 0.29) is 19.0 Å². The Labute approximate surface area is 139 Å². The number of imide groups is 1. The first-order valence-electron chi connectivity index (χ1n) is 7.39. The molecule has 0 spiro atoms. The number of carbonyl (C=O) groups excluding carboxylic acids is 3. The lowest BCUT2D eigenvalue weighted by atomic mass is 10.0. The topological polar surface area (TPSA) is 81.7 Å². The van der Waals surface area contributed by atoms with Gasteiger partial charge in [0.25, 0.3) is 5.91 Å². The molecule has 0 radical (unpaired) electrons. The Bertz CT molecular complexity index is 710. The highest BCUT2D eigenvalue weighted by Crippen LogP contribution is 2.15. The average Bonchev–Trinajstić information content (AvgIpc) is 2.61. The molecule has 0 aromatic heterocycles. The van der Waals surface area contributed by atoms with Gasteiger partial charge in [-0.15, -0.1) is 0 Å². The molecule has 0 fully saturated rings. The number of alkyl carbamates (subject to hydrolysis) is 1. The van der Waals surface area contributed by atoms with Gasteiger partial charge in [0.15, 0.2) is 12.4 Å². The number of hydrogen-bond acceptors (Lipinski definition) is 5. The van der Waals surface area contributed by atoms with Gasteiger partial charge in [0.2, 0.25) is 0 Å². The summed E-state index contributed by atoms with van der Waals surface area (Å²) in [6, 6.07) is 15.3. The molecule has 0 bridgehead atoms. The van der Waals surface area contributed by atoms with Crippen molar-refractivity contribution in [2.45, 2.75) is 6.92 Å². The van der Waals surface area contributed by atoms with Gasteiger partial charge in [0.1, 0.15) is 5.75 Å². The molecule has 0 unspecified atom stereocenters. The maximum atomic E-state index is 12.3. The van der Waals surface area contributed by atoms with E-state index in [1.807, 2.05) is 11.4 Å². The summed E-state index contributed by atoms with van der Waals surface area (Å²) in [7, 11) is 0. The molecule has 0 heterocycles. The van der Waals surface area contributed by atoms with Crippen LogP contribution in [0.5, 0.6) is 5.75 Å². The van der Waals surface area contributed by atoms with Gasteiger partial charge in [0, 0.05) is 11.1 Å². The SMILES string of the molecule is CCOC(=O)NC(=O)COc1ccc(C(=O)c2ccccc2)cc1. The van der Waals surface area contributed by atoms with Crippen molar-refractivity contribution >= 4 is 17.8 Å². The van der Waals surface area contributed by atoms with Crippen LogP contribution in [0.4, 0.5) is 4.79 Å². The van der Waals surface area contributed by atoms with Crippen LogP contribution in [-0.2, 0) is 9.53 Å². The van der Waals surface area contributed by atoms with Gasteiger partial charge in [-0.2, -0.15) is 0 Å². The fraction of sp³-hybridized carbons (Fsp3) is 0.167. The molecule has 2 aromatic rings. The highest BCUT2D eigenvalue weighted by Gasteiger charge is 2.10. The van der Waals surface area contributed by atoms with Crippen molar-refractivity contribution in [1.29, 1.82) is 0 Å². The maximum absolute atomic E-state index is 12.3. The summed E-state index contributed by atoms with van der Waals surface area (Å²) in [6.07, 6.45) is -0.810. The minimum absolute atomic E-state index is 0.0952. The summed E-state index contributed by atoms with van der Waals surface area (Å²) in [5.41, 5.74) is 1.12. The number of rotatable bonds is 6. The molecule has 1 N–H and O–H groups in total. The minimum atomic E-state index is -0.810. The highest BCUT2D eigenvalue weighted by molar-refractivity contribution is 6.09. The van der Waals surface area contributed by atoms with E-state index >= 15 is 0 Å². The molecule has 2 aromatic carbocycles. The molecule has 0 saturated carbocycles. The third-order valence-corrected chi connectivity index (χ3v) is 3.04. The number of nitrogens with one attached hydrogen (secondary N) is 1. The number of carbonyl (C=O) groups is 3.